The van der Waals surface area contributed by atoms with Gasteiger partial charge in [0.05, 0.1) is 0 Å². The van der Waals surface area contributed by atoms with Crippen LogP contribution in [0, 0.1) is 12.3 Å². The number of nitrogens with zero attached hydrogens (tertiary/aromatic N) is 5. The van der Waals surface area contributed by atoms with Crippen LogP contribution in [-0.4, -0.2) is 73.4 Å². The molecule has 1 aliphatic rings. The highest BCUT2D eigenvalue weighted by molar-refractivity contribution is 7.15. The number of aryl methyl sites for hydroxylation is 1. The van der Waals surface area contributed by atoms with Gasteiger partial charge in [-0.05, 0) is 26.4 Å². The molecule has 0 N–H and O–H groups in total. The van der Waals surface area contributed by atoms with Gasteiger partial charge >= 0.3 is 0 Å². The average Bonchev–Trinajstić information content (AvgIpc) is 2.74. The van der Waals surface area contributed by atoms with E-state index in [1.165, 1.54) is 0 Å². The molecule has 1 aromatic rings. The summed E-state index contributed by atoms with van der Waals surface area (Å²) in [5.74, 6) is 0. The van der Waals surface area contributed by atoms with E-state index in [2.05, 4.69) is 52.8 Å². The summed E-state index contributed by atoms with van der Waals surface area (Å²) in [4.78, 5) is 7.22. The van der Waals surface area contributed by atoms with Crippen LogP contribution in [0.1, 0.15) is 18.9 Å². The molecule has 0 aliphatic carbocycles. The lowest BCUT2D eigenvalue weighted by molar-refractivity contribution is 0.138. The molecule has 0 atom stereocenters. The van der Waals surface area contributed by atoms with Crippen molar-refractivity contribution in [2.75, 3.05) is 58.3 Å². The average molecular weight is 297 g/mol. The van der Waals surface area contributed by atoms with Gasteiger partial charge in [0.2, 0.25) is 5.13 Å². The Morgan fingerprint density at radius 1 is 1.15 bits per heavy atom. The molecule has 0 saturated carbocycles. The molecule has 0 amide bonds. The molecule has 2 heterocycles. The second-order valence-electron chi connectivity index (χ2n) is 6.77. The fourth-order valence-corrected chi connectivity index (χ4v) is 3.76. The van der Waals surface area contributed by atoms with E-state index in [1.54, 1.807) is 11.3 Å². The summed E-state index contributed by atoms with van der Waals surface area (Å²) in [6.07, 6.45) is 0. The first kappa shape index (κ1) is 15.7. The highest BCUT2D eigenvalue weighted by Crippen LogP contribution is 2.23. The number of hydrogen-bond acceptors (Lipinski definition) is 6. The molecule has 114 valence electrons. The molecule has 1 saturated heterocycles. The van der Waals surface area contributed by atoms with Crippen molar-refractivity contribution in [3.05, 3.63) is 5.01 Å². The Bertz CT molecular complexity index is 421. The molecule has 1 fully saturated rings. The maximum Gasteiger partial charge on any atom is 0.208 e. The molecular weight excluding hydrogens is 270 g/mol. The quantitative estimate of drug-likeness (QED) is 0.824. The van der Waals surface area contributed by atoms with Gasteiger partial charge in [-0.2, -0.15) is 0 Å². The predicted octanol–water partition coefficient (Wildman–Crippen LogP) is 1.56. The fourth-order valence-electron chi connectivity index (χ4n) is 3.02. The highest BCUT2D eigenvalue weighted by Gasteiger charge is 2.26. The van der Waals surface area contributed by atoms with Crippen LogP contribution in [-0.2, 0) is 0 Å². The Morgan fingerprint density at radius 2 is 1.80 bits per heavy atom. The fraction of sp³-hybridized carbons (Fsp3) is 0.857. The van der Waals surface area contributed by atoms with E-state index >= 15 is 0 Å². The van der Waals surface area contributed by atoms with Crippen molar-refractivity contribution in [1.82, 2.24) is 20.0 Å². The zero-order valence-electron chi connectivity index (χ0n) is 13.4. The number of anilines is 1. The lowest BCUT2D eigenvalue weighted by Crippen LogP contribution is -2.50. The van der Waals surface area contributed by atoms with Crippen molar-refractivity contribution in [2.45, 2.75) is 20.8 Å². The molecule has 1 aliphatic heterocycles. The Hall–Kier alpha value is -0.720. The van der Waals surface area contributed by atoms with Crippen molar-refractivity contribution < 1.29 is 0 Å². The number of aromatic nitrogens is 2. The molecule has 0 unspecified atom stereocenters. The van der Waals surface area contributed by atoms with Crippen molar-refractivity contribution in [3.63, 3.8) is 0 Å². The van der Waals surface area contributed by atoms with Gasteiger partial charge < -0.3 is 9.80 Å². The van der Waals surface area contributed by atoms with Gasteiger partial charge in [0.1, 0.15) is 5.01 Å². The van der Waals surface area contributed by atoms with Crippen LogP contribution in [0.15, 0.2) is 0 Å². The van der Waals surface area contributed by atoms with Crippen LogP contribution in [0.2, 0.25) is 0 Å². The van der Waals surface area contributed by atoms with Gasteiger partial charge in [0, 0.05) is 39.3 Å². The molecular formula is C14H27N5S. The molecule has 1 aromatic heterocycles. The lowest BCUT2D eigenvalue weighted by atomic mass is 9.92. The summed E-state index contributed by atoms with van der Waals surface area (Å²) < 4.78 is 0. The van der Waals surface area contributed by atoms with Crippen LogP contribution in [0.3, 0.4) is 0 Å². The number of rotatable bonds is 5. The first-order chi connectivity index (χ1) is 9.35. The first-order valence-corrected chi connectivity index (χ1v) is 8.09. The third-order valence-electron chi connectivity index (χ3n) is 3.55. The third-order valence-corrected chi connectivity index (χ3v) is 4.45. The maximum absolute atomic E-state index is 4.25. The standard InChI is InChI=1S/C14H27N5S/c1-12-15-16-13(20-12)19-8-6-18(7-9-19)11-14(2,3)10-17(4)5/h6-11H2,1-5H3. The monoisotopic (exact) mass is 297 g/mol. The van der Waals surface area contributed by atoms with Crippen LogP contribution < -0.4 is 4.90 Å². The summed E-state index contributed by atoms with van der Waals surface area (Å²) in [5.41, 5.74) is 0.338. The Labute approximate surface area is 126 Å². The van der Waals surface area contributed by atoms with E-state index in [-0.39, 0.29) is 0 Å². The summed E-state index contributed by atoms with van der Waals surface area (Å²) in [6, 6.07) is 0. The summed E-state index contributed by atoms with van der Waals surface area (Å²) in [7, 11) is 4.30. The van der Waals surface area contributed by atoms with Crippen LogP contribution >= 0.6 is 11.3 Å². The van der Waals surface area contributed by atoms with Crippen molar-refractivity contribution in [3.8, 4) is 0 Å². The minimum absolute atomic E-state index is 0.338. The van der Waals surface area contributed by atoms with Gasteiger partial charge in [0.25, 0.3) is 0 Å². The minimum atomic E-state index is 0.338. The zero-order chi connectivity index (χ0) is 14.8. The largest absolute Gasteiger partial charge is 0.344 e. The molecule has 0 aromatic carbocycles. The highest BCUT2D eigenvalue weighted by atomic mass is 32.1. The third kappa shape index (κ3) is 4.40. The first-order valence-electron chi connectivity index (χ1n) is 7.28. The Morgan fingerprint density at radius 3 is 2.30 bits per heavy atom. The minimum Gasteiger partial charge on any atom is -0.344 e. The summed E-state index contributed by atoms with van der Waals surface area (Å²) in [6.45, 7) is 13.4. The van der Waals surface area contributed by atoms with E-state index < -0.39 is 0 Å². The molecule has 0 spiro atoms. The Balaban J connectivity index is 1.82. The molecule has 20 heavy (non-hydrogen) atoms. The molecule has 2 rings (SSSR count). The van der Waals surface area contributed by atoms with Crippen LogP contribution in [0.5, 0.6) is 0 Å². The smallest absolute Gasteiger partial charge is 0.208 e. The lowest BCUT2D eigenvalue weighted by Gasteiger charge is -2.39. The SMILES string of the molecule is Cc1nnc(N2CCN(CC(C)(C)CN(C)C)CC2)s1. The van der Waals surface area contributed by atoms with E-state index in [0.717, 1.165) is 49.4 Å². The molecule has 0 bridgehead atoms. The van der Waals surface area contributed by atoms with E-state index in [1.807, 2.05) is 6.92 Å². The van der Waals surface area contributed by atoms with Gasteiger partial charge in [0.15, 0.2) is 0 Å². The van der Waals surface area contributed by atoms with Crippen LogP contribution in [0.4, 0.5) is 5.13 Å². The van der Waals surface area contributed by atoms with Crippen molar-refractivity contribution in [1.29, 1.82) is 0 Å². The van der Waals surface area contributed by atoms with Gasteiger partial charge in [-0.1, -0.05) is 25.2 Å². The van der Waals surface area contributed by atoms with Crippen molar-refractivity contribution in [2.24, 2.45) is 5.41 Å². The summed E-state index contributed by atoms with van der Waals surface area (Å²) in [5, 5.41) is 10.5. The van der Waals surface area contributed by atoms with Crippen LogP contribution in [0.25, 0.3) is 0 Å². The molecule has 6 heteroatoms. The number of piperazine rings is 1. The molecule has 0 radical (unpaired) electrons. The second kappa shape index (κ2) is 6.37. The summed E-state index contributed by atoms with van der Waals surface area (Å²) >= 11 is 1.70. The van der Waals surface area contributed by atoms with Gasteiger partial charge in [-0.15, -0.1) is 10.2 Å². The second-order valence-corrected chi connectivity index (χ2v) is 7.93. The van der Waals surface area contributed by atoms with E-state index in [4.69, 9.17) is 0 Å². The number of hydrogen-bond donors (Lipinski definition) is 0. The normalized spacial score (nSPS) is 18.0. The zero-order valence-corrected chi connectivity index (χ0v) is 14.2. The van der Waals surface area contributed by atoms with E-state index in [9.17, 15) is 0 Å². The van der Waals surface area contributed by atoms with E-state index in [0.29, 0.717) is 5.41 Å². The predicted molar refractivity (Wildman–Crippen MR) is 85.6 cm³/mol. The Kier molecular flexibility index (Phi) is 4.99. The van der Waals surface area contributed by atoms with Crippen molar-refractivity contribution >= 4 is 16.5 Å². The topological polar surface area (TPSA) is 35.5 Å². The van der Waals surface area contributed by atoms with Gasteiger partial charge in [-0.25, -0.2) is 0 Å². The molecule has 5 nitrogen and oxygen atoms in total. The maximum atomic E-state index is 4.25. The van der Waals surface area contributed by atoms with Gasteiger partial charge in [-0.3, -0.25) is 4.90 Å².